The Morgan fingerprint density at radius 2 is 1.93 bits per heavy atom. The normalized spacial score (nSPS) is 19.6. The predicted molar refractivity (Wildman–Crippen MR) is 57.6 cm³/mol. The molecule has 0 heterocycles. The molecule has 1 saturated carbocycles. The average molecular weight is 233 g/mol. The van der Waals surface area contributed by atoms with Crippen molar-refractivity contribution >= 4 is 22.8 Å². The fourth-order valence-corrected chi connectivity index (χ4v) is 2.44. The summed E-state index contributed by atoms with van der Waals surface area (Å²) in [4.78, 5) is 22.8. The SMILES string of the molecule is CCOC(=O)C(C(=O)Cl)C1CCCCC1. The number of hydrogen-bond acceptors (Lipinski definition) is 3. The fraction of sp³-hybridized carbons (Fsp3) is 0.818. The first-order chi connectivity index (χ1) is 7.16. The van der Waals surface area contributed by atoms with E-state index in [2.05, 4.69) is 0 Å². The van der Waals surface area contributed by atoms with Crippen molar-refractivity contribution in [3.8, 4) is 0 Å². The highest BCUT2D eigenvalue weighted by Crippen LogP contribution is 2.32. The third kappa shape index (κ3) is 3.49. The zero-order chi connectivity index (χ0) is 11.3. The predicted octanol–water partition coefficient (Wildman–Crippen LogP) is 2.51. The van der Waals surface area contributed by atoms with Crippen molar-refractivity contribution < 1.29 is 14.3 Å². The lowest BCUT2D eigenvalue weighted by atomic mass is 9.80. The molecule has 0 N–H and O–H groups in total. The summed E-state index contributed by atoms with van der Waals surface area (Å²) in [5.74, 6) is -1.11. The zero-order valence-corrected chi connectivity index (χ0v) is 9.76. The van der Waals surface area contributed by atoms with E-state index >= 15 is 0 Å². The summed E-state index contributed by atoms with van der Waals surface area (Å²) in [6.07, 6.45) is 5.14. The van der Waals surface area contributed by atoms with Crippen LogP contribution in [-0.4, -0.2) is 17.8 Å². The molecule has 0 aromatic rings. The van der Waals surface area contributed by atoms with E-state index < -0.39 is 17.1 Å². The van der Waals surface area contributed by atoms with E-state index in [1.54, 1.807) is 6.92 Å². The Kier molecular flexibility index (Phi) is 5.09. The van der Waals surface area contributed by atoms with Gasteiger partial charge in [0, 0.05) is 0 Å². The highest BCUT2D eigenvalue weighted by Gasteiger charge is 2.35. The Morgan fingerprint density at radius 1 is 1.33 bits per heavy atom. The molecular formula is C11H17ClO3. The minimum absolute atomic E-state index is 0.0859. The van der Waals surface area contributed by atoms with E-state index in [1.807, 2.05) is 0 Å². The minimum atomic E-state index is -0.744. The summed E-state index contributed by atoms with van der Waals surface area (Å²) in [6, 6.07) is 0. The van der Waals surface area contributed by atoms with Crippen molar-refractivity contribution in [1.29, 1.82) is 0 Å². The van der Waals surface area contributed by atoms with Gasteiger partial charge in [0.15, 0.2) is 0 Å². The molecule has 15 heavy (non-hydrogen) atoms. The van der Waals surface area contributed by atoms with Gasteiger partial charge in [-0.25, -0.2) is 0 Å². The van der Waals surface area contributed by atoms with Gasteiger partial charge >= 0.3 is 5.97 Å². The number of hydrogen-bond donors (Lipinski definition) is 0. The third-order valence-corrected chi connectivity index (χ3v) is 3.14. The molecule has 1 fully saturated rings. The highest BCUT2D eigenvalue weighted by atomic mass is 35.5. The van der Waals surface area contributed by atoms with Gasteiger partial charge in [-0.2, -0.15) is 0 Å². The van der Waals surface area contributed by atoms with Gasteiger partial charge < -0.3 is 4.74 Å². The van der Waals surface area contributed by atoms with Crippen LogP contribution in [-0.2, 0) is 14.3 Å². The molecule has 1 rings (SSSR count). The van der Waals surface area contributed by atoms with E-state index in [1.165, 1.54) is 6.42 Å². The molecule has 0 spiro atoms. The molecule has 0 aromatic carbocycles. The lowest BCUT2D eigenvalue weighted by molar-refractivity contribution is -0.152. The number of halogens is 1. The molecule has 86 valence electrons. The van der Waals surface area contributed by atoms with Crippen LogP contribution in [0.5, 0.6) is 0 Å². The van der Waals surface area contributed by atoms with Gasteiger partial charge in [0.2, 0.25) is 5.24 Å². The summed E-state index contributed by atoms with van der Waals surface area (Å²) in [6.45, 7) is 2.03. The first-order valence-electron chi connectivity index (χ1n) is 5.52. The summed E-state index contributed by atoms with van der Waals surface area (Å²) in [7, 11) is 0. The molecule has 4 heteroatoms. The molecule has 1 unspecified atom stereocenters. The maximum Gasteiger partial charge on any atom is 0.318 e. The molecule has 1 aliphatic carbocycles. The molecule has 1 aliphatic rings. The van der Waals surface area contributed by atoms with Crippen LogP contribution in [0.4, 0.5) is 0 Å². The van der Waals surface area contributed by atoms with E-state index in [9.17, 15) is 9.59 Å². The molecule has 0 aromatic heterocycles. The first kappa shape index (κ1) is 12.5. The molecule has 1 atom stereocenters. The molecular weight excluding hydrogens is 216 g/mol. The highest BCUT2D eigenvalue weighted by molar-refractivity contribution is 6.65. The van der Waals surface area contributed by atoms with Crippen molar-refractivity contribution in [1.82, 2.24) is 0 Å². The standard InChI is InChI=1S/C11H17ClO3/c1-2-15-11(14)9(10(12)13)8-6-4-3-5-7-8/h8-9H,2-7H2,1H3. The van der Waals surface area contributed by atoms with Crippen LogP contribution in [0.15, 0.2) is 0 Å². The molecule has 0 amide bonds. The van der Waals surface area contributed by atoms with Crippen LogP contribution in [0.25, 0.3) is 0 Å². The molecule has 0 bridgehead atoms. The van der Waals surface area contributed by atoms with Crippen molar-refractivity contribution in [3.63, 3.8) is 0 Å². The quantitative estimate of drug-likeness (QED) is 0.425. The zero-order valence-electron chi connectivity index (χ0n) is 9.00. The van der Waals surface area contributed by atoms with Crippen LogP contribution in [0.3, 0.4) is 0 Å². The van der Waals surface area contributed by atoms with Gasteiger partial charge in [-0.3, -0.25) is 9.59 Å². The Bertz CT molecular complexity index is 234. The van der Waals surface area contributed by atoms with E-state index in [4.69, 9.17) is 16.3 Å². The lowest BCUT2D eigenvalue weighted by Gasteiger charge is -2.26. The summed E-state index contributed by atoms with van der Waals surface area (Å²) >= 11 is 5.47. The van der Waals surface area contributed by atoms with Crippen LogP contribution >= 0.6 is 11.6 Å². The summed E-state index contributed by atoms with van der Waals surface area (Å²) in [5, 5.41) is -0.569. The second kappa shape index (κ2) is 6.11. The lowest BCUT2D eigenvalue weighted by Crippen LogP contribution is -2.31. The van der Waals surface area contributed by atoms with Crippen molar-refractivity contribution in [2.24, 2.45) is 11.8 Å². The minimum Gasteiger partial charge on any atom is -0.465 e. The van der Waals surface area contributed by atoms with E-state index in [-0.39, 0.29) is 5.92 Å². The number of carbonyl (C=O) groups is 2. The second-order valence-electron chi connectivity index (χ2n) is 3.93. The Balaban J connectivity index is 2.63. The molecule has 0 radical (unpaired) electrons. The van der Waals surface area contributed by atoms with Crippen LogP contribution in [0.1, 0.15) is 39.0 Å². The van der Waals surface area contributed by atoms with Crippen molar-refractivity contribution in [2.45, 2.75) is 39.0 Å². The van der Waals surface area contributed by atoms with Gasteiger partial charge in [0.25, 0.3) is 0 Å². The number of rotatable bonds is 4. The Hall–Kier alpha value is -0.570. The summed E-state index contributed by atoms with van der Waals surface area (Å²) in [5.41, 5.74) is 0. The summed E-state index contributed by atoms with van der Waals surface area (Å²) < 4.78 is 4.87. The van der Waals surface area contributed by atoms with Gasteiger partial charge in [0.1, 0.15) is 5.92 Å². The molecule has 0 aliphatic heterocycles. The largest absolute Gasteiger partial charge is 0.465 e. The van der Waals surface area contributed by atoms with Gasteiger partial charge in [-0.15, -0.1) is 0 Å². The monoisotopic (exact) mass is 232 g/mol. The smallest absolute Gasteiger partial charge is 0.318 e. The number of esters is 1. The van der Waals surface area contributed by atoms with Crippen molar-refractivity contribution in [3.05, 3.63) is 0 Å². The fourth-order valence-electron chi connectivity index (χ4n) is 2.17. The van der Waals surface area contributed by atoms with E-state index in [0.717, 1.165) is 25.7 Å². The van der Waals surface area contributed by atoms with Crippen LogP contribution in [0.2, 0.25) is 0 Å². The maximum atomic E-state index is 11.6. The van der Waals surface area contributed by atoms with Gasteiger partial charge in [0.05, 0.1) is 6.61 Å². The van der Waals surface area contributed by atoms with Gasteiger partial charge in [-0.05, 0) is 37.3 Å². The number of ether oxygens (including phenoxy) is 1. The Labute approximate surface area is 95.1 Å². The van der Waals surface area contributed by atoms with Crippen LogP contribution < -0.4 is 0 Å². The first-order valence-corrected chi connectivity index (χ1v) is 5.90. The van der Waals surface area contributed by atoms with Gasteiger partial charge in [-0.1, -0.05) is 19.3 Å². The molecule has 0 saturated heterocycles. The Morgan fingerprint density at radius 3 is 2.40 bits per heavy atom. The van der Waals surface area contributed by atoms with Crippen LogP contribution in [0, 0.1) is 11.8 Å². The molecule has 3 nitrogen and oxygen atoms in total. The number of carbonyl (C=O) groups excluding carboxylic acids is 2. The average Bonchev–Trinajstić information content (AvgIpc) is 2.19. The topological polar surface area (TPSA) is 43.4 Å². The van der Waals surface area contributed by atoms with E-state index in [0.29, 0.717) is 6.61 Å². The second-order valence-corrected chi connectivity index (χ2v) is 4.30. The third-order valence-electron chi connectivity index (χ3n) is 2.91. The maximum absolute atomic E-state index is 11.6. The van der Waals surface area contributed by atoms with Crippen molar-refractivity contribution in [2.75, 3.05) is 6.61 Å².